The van der Waals surface area contributed by atoms with Gasteiger partial charge in [-0.25, -0.2) is 0 Å². The Labute approximate surface area is 164 Å². The maximum Gasteiger partial charge on any atom is 0.273 e. The number of rotatable bonds is 5. The average molecular weight is 383 g/mol. The summed E-state index contributed by atoms with van der Waals surface area (Å²) in [6, 6.07) is 9.45. The van der Waals surface area contributed by atoms with Crippen molar-refractivity contribution in [1.82, 2.24) is 10.9 Å². The molecule has 0 aliphatic carbocycles. The summed E-state index contributed by atoms with van der Waals surface area (Å²) in [5.74, 6) is -0.347. The molecule has 1 saturated heterocycles. The predicted molar refractivity (Wildman–Crippen MR) is 105 cm³/mol. The molecule has 3 amide bonds. The molecule has 0 unspecified atom stereocenters. The molecule has 7 nitrogen and oxygen atoms in total. The molecule has 0 spiro atoms. The van der Waals surface area contributed by atoms with Crippen LogP contribution in [0.1, 0.15) is 47.2 Å². The fourth-order valence-electron chi connectivity index (χ4n) is 3.41. The van der Waals surface area contributed by atoms with Crippen molar-refractivity contribution in [3.63, 3.8) is 0 Å². The smallest absolute Gasteiger partial charge is 0.273 e. The SMILES string of the molecule is CCCc1ccc(N2C[C@@H](C(=O)NNC(=O)c3cc(C)oc3C)CC2=O)cc1. The van der Waals surface area contributed by atoms with Gasteiger partial charge in [-0.3, -0.25) is 25.2 Å². The van der Waals surface area contributed by atoms with Gasteiger partial charge in [0.05, 0.1) is 11.5 Å². The first-order valence-corrected chi connectivity index (χ1v) is 9.45. The predicted octanol–water partition coefficient (Wildman–Crippen LogP) is 2.66. The Hall–Kier alpha value is -3.09. The number of aryl methyl sites for hydroxylation is 3. The largest absolute Gasteiger partial charge is 0.466 e. The van der Waals surface area contributed by atoms with Crippen LogP contribution in [0.3, 0.4) is 0 Å². The van der Waals surface area contributed by atoms with Crippen molar-refractivity contribution in [3.05, 3.63) is 53.0 Å². The van der Waals surface area contributed by atoms with Crippen LogP contribution in [0.2, 0.25) is 0 Å². The molecule has 2 N–H and O–H groups in total. The van der Waals surface area contributed by atoms with Crippen LogP contribution in [0.4, 0.5) is 5.69 Å². The molecule has 0 saturated carbocycles. The van der Waals surface area contributed by atoms with Crippen LogP contribution >= 0.6 is 0 Å². The van der Waals surface area contributed by atoms with Gasteiger partial charge in [-0.1, -0.05) is 25.5 Å². The Morgan fingerprint density at radius 1 is 1.18 bits per heavy atom. The van der Waals surface area contributed by atoms with Crippen molar-refractivity contribution in [2.24, 2.45) is 5.92 Å². The van der Waals surface area contributed by atoms with Crippen LogP contribution in [0, 0.1) is 19.8 Å². The lowest BCUT2D eigenvalue weighted by atomic mass is 10.1. The van der Waals surface area contributed by atoms with Gasteiger partial charge in [0.15, 0.2) is 0 Å². The second-order valence-electron chi connectivity index (χ2n) is 7.09. The summed E-state index contributed by atoms with van der Waals surface area (Å²) >= 11 is 0. The number of hydrazine groups is 1. The van der Waals surface area contributed by atoms with Crippen LogP contribution in [0.15, 0.2) is 34.7 Å². The van der Waals surface area contributed by atoms with Crippen LogP contribution in [-0.4, -0.2) is 24.3 Å². The number of amides is 3. The first-order valence-electron chi connectivity index (χ1n) is 9.45. The minimum atomic E-state index is -0.518. The summed E-state index contributed by atoms with van der Waals surface area (Å²) in [5, 5.41) is 0. The van der Waals surface area contributed by atoms with E-state index in [0.29, 0.717) is 17.1 Å². The Bertz CT molecular complexity index is 886. The summed E-state index contributed by atoms with van der Waals surface area (Å²) in [4.78, 5) is 38.5. The molecule has 1 aromatic heterocycles. The topological polar surface area (TPSA) is 91.7 Å². The zero-order valence-corrected chi connectivity index (χ0v) is 16.4. The van der Waals surface area contributed by atoms with Gasteiger partial charge >= 0.3 is 0 Å². The normalized spacial score (nSPS) is 16.3. The molecule has 28 heavy (non-hydrogen) atoms. The number of nitrogens with one attached hydrogen (secondary N) is 2. The van der Waals surface area contributed by atoms with Crippen molar-refractivity contribution in [1.29, 1.82) is 0 Å². The molecule has 1 atom stereocenters. The maximum absolute atomic E-state index is 12.4. The Morgan fingerprint density at radius 3 is 2.50 bits per heavy atom. The van der Waals surface area contributed by atoms with Crippen LogP contribution < -0.4 is 15.8 Å². The first kappa shape index (κ1) is 19.7. The molecule has 3 rings (SSSR count). The molecule has 0 radical (unpaired) electrons. The number of furan rings is 1. The van der Waals surface area contributed by atoms with Crippen molar-refractivity contribution in [2.75, 3.05) is 11.4 Å². The Morgan fingerprint density at radius 2 is 1.89 bits per heavy atom. The minimum Gasteiger partial charge on any atom is -0.466 e. The first-order chi connectivity index (χ1) is 13.4. The van der Waals surface area contributed by atoms with Gasteiger partial charge in [-0.15, -0.1) is 0 Å². The van der Waals surface area contributed by atoms with Crippen LogP contribution in [-0.2, 0) is 16.0 Å². The summed E-state index contributed by atoms with van der Waals surface area (Å²) in [5.41, 5.74) is 7.19. The zero-order chi connectivity index (χ0) is 20.3. The monoisotopic (exact) mass is 383 g/mol. The van der Waals surface area contributed by atoms with Crippen molar-refractivity contribution < 1.29 is 18.8 Å². The van der Waals surface area contributed by atoms with E-state index in [1.54, 1.807) is 24.8 Å². The minimum absolute atomic E-state index is 0.101. The van der Waals surface area contributed by atoms with E-state index in [0.717, 1.165) is 18.5 Å². The number of anilines is 1. The molecule has 2 heterocycles. The number of carbonyl (C=O) groups excluding carboxylic acids is 3. The molecule has 1 aliphatic heterocycles. The van der Waals surface area contributed by atoms with Gasteiger partial charge in [-0.05, 0) is 44.0 Å². The Balaban J connectivity index is 1.57. The lowest BCUT2D eigenvalue weighted by molar-refractivity contribution is -0.126. The van der Waals surface area contributed by atoms with Gasteiger partial charge in [-0.2, -0.15) is 0 Å². The van der Waals surface area contributed by atoms with Crippen LogP contribution in [0.5, 0.6) is 0 Å². The molecule has 1 aromatic carbocycles. The van der Waals surface area contributed by atoms with Crippen LogP contribution in [0.25, 0.3) is 0 Å². The van der Waals surface area contributed by atoms with E-state index in [4.69, 9.17) is 4.42 Å². The van der Waals surface area contributed by atoms with Crippen molar-refractivity contribution in [2.45, 2.75) is 40.0 Å². The van der Waals surface area contributed by atoms with E-state index >= 15 is 0 Å². The van der Waals surface area contributed by atoms with E-state index in [-0.39, 0.29) is 24.8 Å². The van der Waals surface area contributed by atoms with Crippen molar-refractivity contribution in [3.8, 4) is 0 Å². The van der Waals surface area contributed by atoms with Gasteiger partial charge < -0.3 is 9.32 Å². The second kappa shape index (κ2) is 8.29. The molecule has 148 valence electrons. The van der Waals surface area contributed by atoms with E-state index in [1.165, 1.54) is 5.56 Å². The number of carbonyl (C=O) groups is 3. The van der Waals surface area contributed by atoms with Gasteiger partial charge in [0.1, 0.15) is 11.5 Å². The molecule has 2 aromatic rings. The summed E-state index contributed by atoms with van der Waals surface area (Å²) < 4.78 is 5.32. The molecule has 1 aliphatic rings. The summed E-state index contributed by atoms with van der Waals surface area (Å²) in [6.07, 6.45) is 2.17. The standard InChI is InChI=1S/C21H25N3O4/c1-4-5-15-6-8-17(9-7-15)24-12-16(11-19(24)25)20(26)22-23-21(27)18-10-13(2)28-14(18)3/h6-10,16H,4-5,11-12H2,1-3H3,(H,22,26)(H,23,27)/t16-/m0/s1. The molecule has 7 heteroatoms. The van der Waals surface area contributed by atoms with E-state index < -0.39 is 11.8 Å². The van der Waals surface area contributed by atoms with Crippen molar-refractivity contribution >= 4 is 23.4 Å². The highest BCUT2D eigenvalue weighted by Gasteiger charge is 2.35. The summed E-state index contributed by atoms with van der Waals surface area (Å²) in [7, 11) is 0. The molecule has 1 fully saturated rings. The van der Waals surface area contributed by atoms with E-state index in [2.05, 4.69) is 17.8 Å². The summed E-state index contributed by atoms with van der Waals surface area (Å²) in [6.45, 7) is 5.84. The second-order valence-corrected chi connectivity index (χ2v) is 7.09. The number of nitrogens with zero attached hydrogens (tertiary/aromatic N) is 1. The quantitative estimate of drug-likeness (QED) is 0.777. The fourth-order valence-corrected chi connectivity index (χ4v) is 3.41. The zero-order valence-electron chi connectivity index (χ0n) is 16.4. The average Bonchev–Trinajstić information content (AvgIpc) is 3.22. The van der Waals surface area contributed by atoms with E-state index in [9.17, 15) is 14.4 Å². The Kier molecular flexibility index (Phi) is 5.82. The number of benzene rings is 1. The number of hydrogen-bond acceptors (Lipinski definition) is 4. The third-order valence-electron chi connectivity index (χ3n) is 4.87. The molecule has 0 bridgehead atoms. The highest BCUT2D eigenvalue weighted by Crippen LogP contribution is 2.25. The highest BCUT2D eigenvalue weighted by atomic mass is 16.3. The third-order valence-corrected chi connectivity index (χ3v) is 4.87. The lowest BCUT2D eigenvalue weighted by Crippen LogP contribution is -2.45. The highest BCUT2D eigenvalue weighted by molar-refractivity contribution is 6.01. The molecular weight excluding hydrogens is 358 g/mol. The van der Waals surface area contributed by atoms with E-state index in [1.807, 2.05) is 24.3 Å². The fraction of sp³-hybridized carbons (Fsp3) is 0.381. The number of hydrogen-bond donors (Lipinski definition) is 2. The lowest BCUT2D eigenvalue weighted by Gasteiger charge is -2.17. The van der Waals surface area contributed by atoms with Gasteiger partial charge in [0.2, 0.25) is 11.8 Å². The molecular formula is C21H25N3O4. The third kappa shape index (κ3) is 4.24. The van der Waals surface area contributed by atoms with Gasteiger partial charge in [0.25, 0.3) is 5.91 Å². The van der Waals surface area contributed by atoms with Gasteiger partial charge in [0, 0.05) is 18.7 Å². The maximum atomic E-state index is 12.4.